The Morgan fingerprint density at radius 3 is 1.33 bits per heavy atom. The van der Waals surface area contributed by atoms with Crippen molar-refractivity contribution in [3.63, 3.8) is 0 Å². The Labute approximate surface area is 280 Å². The van der Waals surface area contributed by atoms with Crippen molar-refractivity contribution in [3.8, 4) is 17.2 Å². The van der Waals surface area contributed by atoms with Crippen LogP contribution in [-0.4, -0.2) is 37.6 Å². The number of methoxy groups -OCH3 is 1. The lowest BCUT2D eigenvalue weighted by molar-refractivity contribution is 0.318. The predicted octanol–water partition coefficient (Wildman–Crippen LogP) is 10.9. The summed E-state index contributed by atoms with van der Waals surface area (Å²) in [6, 6.07) is 21.3. The molecule has 228 valence electrons. The highest BCUT2D eigenvalue weighted by molar-refractivity contribution is 9.69. The molecule has 0 aliphatic heterocycles. The lowest BCUT2D eigenvalue weighted by atomic mass is 10.2. The molecule has 0 bridgehead atoms. The van der Waals surface area contributed by atoms with Crippen molar-refractivity contribution in [3.05, 3.63) is 91.6 Å². The minimum atomic E-state index is 0. The zero-order valence-electron chi connectivity index (χ0n) is 22.0. The molecule has 3 aromatic heterocycles. The minimum Gasteiger partial charge on any atom is -0.508 e. The smallest absolute Gasteiger partial charge is 0.369 e. The lowest BCUT2D eigenvalue weighted by Crippen LogP contribution is -1.79. The third-order valence-electron chi connectivity index (χ3n) is 4.53. The molecule has 0 unspecified atom stereocenters. The fraction of sp³-hybridized carbons (Fsp3) is 0.172. The Morgan fingerprint density at radius 1 is 0.690 bits per heavy atom. The third-order valence-corrected chi connectivity index (χ3v) is 4.53. The highest BCUT2D eigenvalue weighted by Crippen LogP contribution is 2.22. The van der Waals surface area contributed by atoms with E-state index in [4.69, 9.17) is 56.5 Å². The van der Waals surface area contributed by atoms with Crippen LogP contribution in [-0.2, 0) is 0 Å². The molecule has 3 heterocycles. The zero-order chi connectivity index (χ0) is 30.6. The maximum atomic E-state index is 9.01. The zero-order valence-corrected chi connectivity index (χ0v) is 28.3. The summed E-state index contributed by atoms with van der Waals surface area (Å²) in [5, 5.41) is 28.7. The summed E-state index contributed by atoms with van der Waals surface area (Å²) in [5.41, 5.74) is 2.50. The third kappa shape index (κ3) is 15.8. The standard InChI is InChI=1S/C9H8O2.2C8H6O2.C2H6O.CH2Cl2.CH4.BBr3/c1-10-8-2-3-9-7(6-8)4-5-11-9;2*9-7-1-2-8-6(5-7)3-4-10-8;1-2-3;2-1-3;;2-1(3)4/h2-6H,1H3;2*1-5,9H;3H,2H2,1H3;1H2;1H4;. The molecule has 0 radical (unpaired) electrons. The van der Waals surface area contributed by atoms with E-state index in [1.807, 2.05) is 36.4 Å². The van der Waals surface area contributed by atoms with Crippen LogP contribution in [0.5, 0.6) is 17.2 Å². The molecule has 0 saturated heterocycles. The van der Waals surface area contributed by atoms with Gasteiger partial charge in [-0.25, -0.2) is 0 Å². The van der Waals surface area contributed by atoms with Gasteiger partial charge in [0.15, 0.2) is 0 Å². The van der Waals surface area contributed by atoms with E-state index in [1.165, 1.54) is 0 Å². The fourth-order valence-electron chi connectivity index (χ4n) is 2.98. The van der Waals surface area contributed by atoms with Gasteiger partial charge in [0.2, 0.25) is 0 Å². The maximum absolute atomic E-state index is 9.01. The second kappa shape index (κ2) is 23.2. The Bertz CT molecular complexity index is 1450. The molecule has 13 heteroatoms. The number of furan rings is 3. The second-order valence-corrected chi connectivity index (χ2v) is 14.5. The number of hydrogen-bond acceptors (Lipinski definition) is 7. The van der Waals surface area contributed by atoms with Crippen molar-refractivity contribution in [1.29, 1.82) is 0 Å². The Morgan fingerprint density at radius 2 is 1.00 bits per heavy atom. The number of phenols is 2. The number of phenolic OH excluding ortho intramolecular Hbond substituents is 2. The molecule has 0 fully saturated rings. The molecule has 3 aromatic carbocycles. The molecule has 0 atom stereocenters. The van der Waals surface area contributed by atoms with Gasteiger partial charge in [-0.1, -0.05) is 7.43 Å². The summed E-state index contributed by atoms with van der Waals surface area (Å²) >= 11 is 18.8. The monoisotopic (exact) mass is 810 g/mol. The van der Waals surface area contributed by atoms with Crippen LogP contribution in [0.25, 0.3) is 32.9 Å². The highest BCUT2D eigenvalue weighted by atomic mass is 79.9. The first-order chi connectivity index (χ1) is 19.7. The Balaban J connectivity index is 0.000000515. The molecule has 0 aliphatic rings. The van der Waals surface area contributed by atoms with Crippen LogP contribution >= 0.6 is 70.5 Å². The quantitative estimate of drug-likeness (QED) is 0.112. The average Bonchev–Trinajstić information content (AvgIpc) is 3.70. The van der Waals surface area contributed by atoms with Crippen LogP contribution in [0.3, 0.4) is 0 Å². The summed E-state index contributed by atoms with van der Waals surface area (Å²) in [6.45, 7) is 1.93. The van der Waals surface area contributed by atoms with E-state index in [-0.39, 0.29) is 34.1 Å². The summed E-state index contributed by atoms with van der Waals surface area (Å²) in [4.78, 5) is 0. The number of halogens is 5. The Hall–Kier alpha value is -2.28. The first-order valence-electron chi connectivity index (χ1n) is 11.7. The number of aromatic hydroxyl groups is 2. The van der Waals surface area contributed by atoms with E-state index in [0.29, 0.717) is 0 Å². The number of benzene rings is 3. The number of rotatable bonds is 1. The van der Waals surface area contributed by atoms with E-state index in [1.54, 1.807) is 69.2 Å². The average molecular weight is 814 g/mol. The highest BCUT2D eigenvalue weighted by Gasteiger charge is 1.97. The van der Waals surface area contributed by atoms with Crippen molar-refractivity contribution in [2.24, 2.45) is 0 Å². The van der Waals surface area contributed by atoms with E-state index < -0.39 is 0 Å². The number of hydrogen-bond donors (Lipinski definition) is 3. The van der Waals surface area contributed by atoms with Gasteiger partial charge in [0, 0.05) is 22.8 Å². The van der Waals surface area contributed by atoms with Crippen LogP contribution in [0.4, 0.5) is 0 Å². The van der Waals surface area contributed by atoms with Gasteiger partial charge in [-0.05, 0) is 79.7 Å². The van der Waals surface area contributed by atoms with Crippen molar-refractivity contribution in [2.75, 3.05) is 19.1 Å². The van der Waals surface area contributed by atoms with Crippen LogP contribution in [0, 0.1) is 0 Å². The van der Waals surface area contributed by atoms with Crippen molar-refractivity contribution >= 4 is 107 Å². The largest absolute Gasteiger partial charge is 0.508 e. The lowest BCUT2D eigenvalue weighted by Gasteiger charge is -1.96. The van der Waals surface area contributed by atoms with Crippen LogP contribution in [0.2, 0.25) is 0 Å². The number of alkyl halides is 2. The first kappa shape index (κ1) is 39.7. The van der Waals surface area contributed by atoms with Crippen molar-refractivity contribution < 1.29 is 33.3 Å². The minimum absolute atomic E-state index is 0. The summed E-state index contributed by atoms with van der Waals surface area (Å²) in [6.07, 6.45) is 4.87. The van der Waals surface area contributed by atoms with Gasteiger partial charge in [-0.3, -0.25) is 0 Å². The molecule has 3 N–H and O–H groups in total. The van der Waals surface area contributed by atoms with Crippen LogP contribution in [0.1, 0.15) is 14.4 Å². The molecular weight excluding hydrogens is 782 g/mol. The van der Waals surface area contributed by atoms with E-state index >= 15 is 0 Å². The molecular formula is C29H32BBr3Cl2O7. The summed E-state index contributed by atoms with van der Waals surface area (Å²) in [5.74, 6) is 1.40. The molecule has 6 aromatic rings. The normalized spacial score (nSPS) is 9.14. The molecule has 42 heavy (non-hydrogen) atoms. The van der Waals surface area contributed by atoms with Gasteiger partial charge in [0.05, 0.1) is 31.2 Å². The number of aliphatic hydroxyl groups excluding tert-OH is 1. The predicted molar refractivity (Wildman–Crippen MR) is 187 cm³/mol. The van der Waals surface area contributed by atoms with Gasteiger partial charge in [-0.2, -0.15) is 0 Å². The molecule has 7 nitrogen and oxygen atoms in total. The number of aliphatic hydroxyl groups is 1. The van der Waals surface area contributed by atoms with Gasteiger partial charge < -0.3 is 33.3 Å². The van der Waals surface area contributed by atoms with E-state index in [2.05, 4.69) is 47.3 Å². The Kier molecular flexibility index (Phi) is 22.0. The summed E-state index contributed by atoms with van der Waals surface area (Å²) < 4.78 is 20.6. The van der Waals surface area contributed by atoms with Gasteiger partial charge >= 0.3 is 3.18 Å². The fourth-order valence-corrected chi connectivity index (χ4v) is 2.98. The summed E-state index contributed by atoms with van der Waals surface area (Å²) in [7, 11) is 1.65. The van der Waals surface area contributed by atoms with Crippen LogP contribution < -0.4 is 4.74 Å². The molecule has 0 amide bonds. The van der Waals surface area contributed by atoms with Crippen LogP contribution in [0.15, 0.2) is 105 Å². The molecule has 6 rings (SSSR count). The first-order valence-corrected chi connectivity index (χ1v) is 15.5. The number of fused-ring (bicyclic) bond motifs is 3. The van der Waals surface area contributed by atoms with E-state index in [0.717, 1.165) is 38.7 Å². The van der Waals surface area contributed by atoms with Crippen molar-refractivity contribution in [1.82, 2.24) is 0 Å². The van der Waals surface area contributed by atoms with Crippen molar-refractivity contribution in [2.45, 2.75) is 14.4 Å². The molecule has 0 spiro atoms. The van der Waals surface area contributed by atoms with E-state index in [9.17, 15) is 0 Å². The number of ether oxygens (including phenoxy) is 1. The maximum Gasteiger partial charge on any atom is 0.369 e. The molecule has 0 aliphatic carbocycles. The van der Waals surface area contributed by atoms with Gasteiger partial charge in [0.25, 0.3) is 0 Å². The molecule has 0 saturated carbocycles. The SMILES string of the molecule is BrB(Br)Br.C.CCO.COc1ccc2occc2c1.ClCCl.Oc1ccc2occc2c1.Oc1ccc2occc2c1. The van der Waals surface area contributed by atoms with Gasteiger partial charge in [0.1, 0.15) is 34.0 Å². The topological polar surface area (TPSA) is 109 Å². The van der Waals surface area contributed by atoms with Gasteiger partial charge in [-0.15, -0.1) is 70.5 Å². The second-order valence-electron chi connectivity index (χ2n) is 7.27.